The van der Waals surface area contributed by atoms with Crippen molar-refractivity contribution >= 4 is 5.91 Å². The number of ether oxygens (including phenoxy) is 3. The maximum absolute atomic E-state index is 12.8. The van der Waals surface area contributed by atoms with Crippen molar-refractivity contribution in [3.8, 4) is 17.2 Å². The number of nitrogens with one attached hydrogen (secondary N) is 1. The van der Waals surface area contributed by atoms with Crippen LogP contribution in [0, 0.1) is 5.92 Å². The third-order valence-corrected chi connectivity index (χ3v) is 4.47. The molecule has 0 aliphatic heterocycles. The van der Waals surface area contributed by atoms with Crippen LogP contribution in [0.2, 0.25) is 0 Å². The number of benzene rings is 2. The third-order valence-electron chi connectivity index (χ3n) is 4.47. The van der Waals surface area contributed by atoms with E-state index in [9.17, 15) is 4.79 Å². The number of amides is 1. The number of methoxy groups -OCH3 is 3. The minimum absolute atomic E-state index is 0.0211. The molecule has 0 saturated heterocycles. The average molecular weight is 341 g/mol. The summed E-state index contributed by atoms with van der Waals surface area (Å²) in [4.78, 5) is 12.8. The zero-order valence-electron chi connectivity index (χ0n) is 14.7. The first-order chi connectivity index (χ1) is 12.2. The third kappa shape index (κ3) is 3.71. The van der Waals surface area contributed by atoms with Gasteiger partial charge in [-0.3, -0.25) is 4.79 Å². The van der Waals surface area contributed by atoms with E-state index in [0.29, 0.717) is 28.7 Å². The van der Waals surface area contributed by atoms with Crippen LogP contribution in [0.15, 0.2) is 42.5 Å². The Labute approximate surface area is 147 Å². The van der Waals surface area contributed by atoms with Gasteiger partial charge in [0.25, 0.3) is 5.91 Å². The summed E-state index contributed by atoms with van der Waals surface area (Å²) in [6.45, 7) is 0. The lowest BCUT2D eigenvalue weighted by Gasteiger charge is -2.20. The molecule has 0 bridgehead atoms. The summed E-state index contributed by atoms with van der Waals surface area (Å²) in [5.74, 6) is 1.75. The molecule has 132 valence electrons. The predicted octanol–water partition coefficient (Wildman–Crippen LogP) is 3.59. The standard InChI is InChI=1S/C20H23NO4/c1-23-16-11-15(12-17(24-2)19(16)25-3)20(22)21-18(14-9-10-14)13-7-5-4-6-8-13/h4-8,11-12,14,18H,9-10H2,1-3H3,(H,21,22). The van der Waals surface area contributed by atoms with Crippen molar-refractivity contribution < 1.29 is 19.0 Å². The fourth-order valence-electron chi connectivity index (χ4n) is 3.00. The van der Waals surface area contributed by atoms with E-state index in [1.165, 1.54) is 14.2 Å². The Hall–Kier alpha value is -2.69. The van der Waals surface area contributed by atoms with Crippen LogP contribution in [0.25, 0.3) is 0 Å². The smallest absolute Gasteiger partial charge is 0.252 e. The lowest BCUT2D eigenvalue weighted by Crippen LogP contribution is -2.30. The predicted molar refractivity (Wildman–Crippen MR) is 95.5 cm³/mol. The Bertz CT molecular complexity index is 716. The van der Waals surface area contributed by atoms with Crippen molar-refractivity contribution in [3.05, 3.63) is 53.6 Å². The van der Waals surface area contributed by atoms with Gasteiger partial charge in [-0.1, -0.05) is 30.3 Å². The molecule has 0 aromatic heterocycles. The van der Waals surface area contributed by atoms with E-state index in [0.717, 1.165) is 18.4 Å². The molecule has 0 heterocycles. The van der Waals surface area contributed by atoms with Gasteiger partial charge in [0.1, 0.15) is 0 Å². The molecule has 3 rings (SSSR count). The number of carbonyl (C=O) groups is 1. The van der Waals surface area contributed by atoms with Crippen LogP contribution < -0.4 is 19.5 Å². The molecular weight excluding hydrogens is 318 g/mol. The molecule has 25 heavy (non-hydrogen) atoms. The number of carbonyl (C=O) groups excluding carboxylic acids is 1. The molecule has 2 aromatic rings. The number of hydrogen-bond donors (Lipinski definition) is 1. The highest BCUT2D eigenvalue weighted by Gasteiger charge is 2.33. The first-order valence-electron chi connectivity index (χ1n) is 8.33. The molecule has 1 unspecified atom stereocenters. The fourth-order valence-corrected chi connectivity index (χ4v) is 3.00. The Morgan fingerprint density at radius 2 is 1.60 bits per heavy atom. The van der Waals surface area contributed by atoms with Gasteiger partial charge >= 0.3 is 0 Å². The van der Waals surface area contributed by atoms with Crippen LogP contribution in [-0.2, 0) is 0 Å². The minimum Gasteiger partial charge on any atom is -0.493 e. The second kappa shape index (κ2) is 7.47. The van der Waals surface area contributed by atoms with Crippen molar-refractivity contribution in [2.24, 2.45) is 5.92 Å². The van der Waals surface area contributed by atoms with Crippen LogP contribution in [0.4, 0.5) is 0 Å². The molecule has 1 aliphatic carbocycles. The normalized spacial score (nSPS) is 14.5. The van der Waals surface area contributed by atoms with Gasteiger partial charge in [0.05, 0.1) is 27.4 Å². The summed E-state index contributed by atoms with van der Waals surface area (Å²) < 4.78 is 16.0. The van der Waals surface area contributed by atoms with E-state index in [1.807, 2.05) is 18.2 Å². The highest BCUT2D eigenvalue weighted by atomic mass is 16.5. The van der Waals surface area contributed by atoms with Gasteiger partial charge in [-0.2, -0.15) is 0 Å². The lowest BCUT2D eigenvalue weighted by atomic mass is 10.0. The van der Waals surface area contributed by atoms with Crippen LogP contribution in [-0.4, -0.2) is 27.2 Å². The van der Waals surface area contributed by atoms with Gasteiger partial charge in [0.15, 0.2) is 11.5 Å². The van der Waals surface area contributed by atoms with E-state index in [4.69, 9.17) is 14.2 Å². The van der Waals surface area contributed by atoms with Gasteiger partial charge in [-0.15, -0.1) is 0 Å². The van der Waals surface area contributed by atoms with Gasteiger partial charge in [0, 0.05) is 5.56 Å². The van der Waals surface area contributed by atoms with Crippen LogP contribution in [0.1, 0.15) is 34.8 Å². The molecule has 0 radical (unpaired) electrons. The second-order valence-electron chi connectivity index (χ2n) is 6.11. The van der Waals surface area contributed by atoms with Gasteiger partial charge in [0.2, 0.25) is 5.75 Å². The topological polar surface area (TPSA) is 56.8 Å². The molecular formula is C20H23NO4. The maximum atomic E-state index is 12.8. The molecule has 5 nitrogen and oxygen atoms in total. The van der Waals surface area contributed by atoms with Crippen molar-refractivity contribution in [2.75, 3.05) is 21.3 Å². The molecule has 1 N–H and O–H groups in total. The van der Waals surface area contributed by atoms with Crippen LogP contribution in [0.3, 0.4) is 0 Å². The molecule has 1 amide bonds. The molecule has 1 fully saturated rings. The lowest BCUT2D eigenvalue weighted by molar-refractivity contribution is 0.0931. The Kier molecular flexibility index (Phi) is 5.12. The Morgan fingerprint density at radius 3 is 2.08 bits per heavy atom. The van der Waals surface area contributed by atoms with Crippen LogP contribution in [0.5, 0.6) is 17.2 Å². The van der Waals surface area contributed by atoms with Gasteiger partial charge < -0.3 is 19.5 Å². The quantitative estimate of drug-likeness (QED) is 0.836. The molecule has 1 saturated carbocycles. The summed E-state index contributed by atoms with van der Waals surface area (Å²) in [5, 5.41) is 3.16. The molecule has 2 aromatic carbocycles. The monoisotopic (exact) mass is 341 g/mol. The summed E-state index contributed by atoms with van der Waals surface area (Å²) in [7, 11) is 4.62. The summed E-state index contributed by atoms with van der Waals surface area (Å²) in [6, 6.07) is 13.4. The first kappa shape index (κ1) is 17.1. The molecule has 5 heteroatoms. The fraction of sp³-hybridized carbons (Fsp3) is 0.350. The largest absolute Gasteiger partial charge is 0.493 e. The number of rotatable bonds is 7. The van der Waals surface area contributed by atoms with Gasteiger partial charge in [-0.05, 0) is 36.5 Å². The minimum atomic E-state index is -0.153. The van der Waals surface area contributed by atoms with E-state index in [2.05, 4.69) is 17.4 Å². The summed E-state index contributed by atoms with van der Waals surface area (Å²) in [5.41, 5.74) is 1.61. The van der Waals surface area contributed by atoms with Gasteiger partial charge in [-0.25, -0.2) is 0 Å². The molecule has 0 spiro atoms. The van der Waals surface area contributed by atoms with Crippen LogP contribution >= 0.6 is 0 Å². The van der Waals surface area contributed by atoms with Crippen molar-refractivity contribution in [1.82, 2.24) is 5.32 Å². The zero-order chi connectivity index (χ0) is 17.8. The van der Waals surface area contributed by atoms with Crippen molar-refractivity contribution in [2.45, 2.75) is 18.9 Å². The summed E-state index contributed by atoms with van der Waals surface area (Å²) >= 11 is 0. The van der Waals surface area contributed by atoms with E-state index < -0.39 is 0 Å². The van der Waals surface area contributed by atoms with E-state index in [1.54, 1.807) is 19.2 Å². The first-order valence-corrected chi connectivity index (χ1v) is 8.33. The Balaban J connectivity index is 1.87. The number of hydrogen-bond acceptors (Lipinski definition) is 4. The summed E-state index contributed by atoms with van der Waals surface area (Å²) in [6.07, 6.45) is 2.27. The maximum Gasteiger partial charge on any atom is 0.252 e. The highest BCUT2D eigenvalue weighted by Crippen LogP contribution is 2.42. The Morgan fingerprint density at radius 1 is 1.00 bits per heavy atom. The molecule has 1 atom stereocenters. The molecule has 1 aliphatic rings. The SMILES string of the molecule is COc1cc(C(=O)NC(c2ccccc2)C2CC2)cc(OC)c1OC. The average Bonchev–Trinajstić information content (AvgIpc) is 3.50. The second-order valence-corrected chi connectivity index (χ2v) is 6.11. The van der Waals surface area contributed by atoms with Crippen molar-refractivity contribution in [3.63, 3.8) is 0 Å². The zero-order valence-corrected chi connectivity index (χ0v) is 14.7. The van der Waals surface area contributed by atoms with Crippen molar-refractivity contribution in [1.29, 1.82) is 0 Å². The van der Waals surface area contributed by atoms with E-state index in [-0.39, 0.29) is 11.9 Å². The highest BCUT2D eigenvalue weighted by molar-refractivity contribution is 5.96. The van der Waals surface area contributed by atoms with E-state index >= 15 is 0 Å².